The monoisotopic (exact) mass is 408 g/mol. The van der Waals surface area contributed by atoms with E-state index in [0.717, 1.165) is 35.2 Å². The number of nitrogens with one attached hydrogen (secondary N) is 1. The summed E-state index contributed by atoms with van der Waals surface area (Å²) in [6, 6.07) is 3.76. The summed E-state index contributed by atoms with van der Waals surface area (Å²) in [7, 11) is 0. The molecule has 0 saturated carbocycles. The molecule has 1 heterocycles. The van der Waals surface area contributed by atoms with Crippen LogP contribution < -0.4 is 11.1 Å². The van der Waals surface area contributed by atoms with Gasteiger partial charge in [-0.25, -0.2) is 0 Å². The molecule has 0 aliphatic carbocycles. The second-order valence-corrected chi connectivity index (χ2v) is 7.18. The van der Waals surface area contributed by atoms with Crippen LogP contribution in [0.4, 0.5) is 11.4 Å². The van der Waals surface area contributed by atoms with Gasteiger partial charge in [0.1, 0.15) is 0 Å². The van der Waals surface area contributed by atoms with Crippen molar-refractivity contribution in [3.8, 4) is 0 Å². The molecule has 7 heteroatoms. The first-order valence-corrected chi connectivity index (χ1v) is 9.06. The summed E-state index contributed by atoms with van der Waals surface area (Å²) >= 11 is 5.03. The Morgan fingerprint density at radius 2 is 2.27 bits per heavy atom. The van der Waals surface area contributed by atoms with Crippen molar-refractivity contribution in [3.05, 3.63) is 22.2 Å². The third-order valence-corrected chi connectivity index (χ3v) is 4.97. The molecule has 124 valence electrons. The quantitative estimate of drug-likeness (QED) is 0.721. The van der Waals surface area contributed by atoms with E-state index in [-0.39, 0.29) is 18.3 Å². The first kappa shape index (κ1) is 19.6. The number of nitrogen functional groups attached to an aromatic ring is 1. The summed E-state index contributed by atoms with van der Waals surface area (Å²) in [6.07, 6.45) is 3.79. The van der Waals surface area contributed by atoms with Crippen molar-refractivity contribution in [3.63, 3.8) is 0 Å². The molecular weight excluding hydrogens is 388 g/mol. The van der Waals surface area contributed by atoms with Gasteiger partial charge in [-0.3, -0.25) is 4.79 Å². The van der Waals surface area contributed by atoms with E-state index >= 15 is 0 Å². The Labute approximate surface area is 150 Å². The van der Waals surface area contributed by atoms with Gasteiger partial charge >= 0.3 is 0 Å². The predicted molar refractivity (Wildman–Crippen MR) is 100 cm³/mol. The number of anilines is 2. The number of hydrogen-bond acceptors (Lipinski definition) is 4. The lowest BCUT2D eigenvalue weighted by Gasteiger charge is -2.21. The van der Waals surface area contributed by atoms with E-state index in [9.17, 15) is 4.79 Å². The fraction of sp³-hybridized carbons (Fsp3) is 0.533. The van der Waals surface area contributed by atoms with E-state index in [1.807, 2.05) is 19.1 Å². The molecule has 1 saturated heterocycles. The molecule has 0 spiro atoms. The number of benzene rings is 1. The molecule has 1 amide bonds. The molecule has 4 nitrogen and oxygen atoms in total. The van der Waals surface area contributed by atoms with E-state index in [2.05, 4.69) is 21.2 Å². The molecule has 1 aliphatic rings. The predicted octanol–water partition coefficient (Wildman–Crippen LogP) is 4.00. The van der Waals surface area contributed by atoms with Gasteiger partial charge in [0.15, 0.2) is 0 Å². The molecule has 3 N–H and O–H groups in total. The highest BCUT2D eigenvalue weighted by Gasteiger charge is 2.15. The molecule has 2 rings (SSSR count). The highest BCUT2D eigenvalue weighted by molar-refractivity contribution is 9.10. The molecule has 1 aliphatic heterocycles. The Balaban J connectivity index is 0.00000242. The van der Waals surface area contributed by atoms with Crippen molar-refractivity contribution in [2.75, 3.05) is 29.2 Å². The van der Waals surface area contributed by atoms with Crippen molar-refractivity contribution in [2.45, 2.75) is 32.3 Å². The maximum atomic E-state index is 12.0. The average Bonchev–Trinajstić information content (AvgIpc) is 2.45. The maximum Gasteiger partial charge on any atom is 0.234 e. The van der Waals surface area contributed by atoms with Crippen LogP contribution in [0.25, 0.3) is 0 Å². The van der Waals surface area contributed by atoms with Crippen LogP contribution in [0.5, 0.6) is 0 Å². The standard InChI is InChI=1S/C15H21BrN2O2S.ClH/c1-10-6-11(16)7-13(15(10)17)18-14(19)9-21-8-12-4-2-3-5-20-12;/h6-7,12H,2-5,8-9,17H2,1H3,(H,18,19);1H. The lowest BCUT2D eigenvalue weighted by molar-refractivity contribution is -0.113. The first-order valence-electron chi connectivity index (χ1n) is 7.11. The Kier molecular flexibility index (Phi) is 8.61. The molecule has 0 radical (unpaired) electrons. The second kappa shape index (κ2) is 9.65. The number of aryl methyl sites for hydroxylation is 1. The normalized spacial score (nSPS) is 17.6. The first-order chi connectivity index (χ1) is 10.1. The van der Waals surface area contributed by atoms with Crippen molar-refractivity contribution < 1.29 is 9.53 Å². The van der Waals surface area contributed by atoms with E-state index in [4.69, 9.17) is 10.5 Å². The van der Waals surface area contributed by atoms with Crippen LogP contribution in [0.2, 0.25) is 0 Å². The fourth-order valence-electron chi connectivity index (χ4n) is 2.27. The van der Waals surface area contributed by atoms with Crippen LogP contribution in [0.1, 0.15) is 24.8 Å². The summed E-state index contributed by atoms with van der Waals surface area (Å²) in [5.74, 6) is 1.27. The van der Waals surface area contributed by atoms with Crippen molar-refractivity contribution in [1.82, 2.24) is 0 Å². The second-order valence-electron chi connectivity index (χ2n) is 5.24. The lowest BCUT2D eigenvalue weighted by Crippen LogP contribution is -2.23. The van der Waals surface area contributed by atoms with Crippen LogP contribution in [0.3, 0.4) is 0 Å². The Bertz CT molecular complexity index is 511. The topological polar surface area (TPSA) is 64.3 Å². The number of rotatable bonds is 5. The molecule has 1 aromatic rings. The molecule has 1 fully saturated rings. The molecule has 0 aromatic heterocycles. The van der Waals surface area contributed by atoms with Gasteiger partial charge in [0.25, 0.3) is 0 Å². The third kappa shape index (κ3) is 5.99. The van der Waals surface area contributed by atoms with Crippen LogP contribution in [-0.4, -0.2) is 30.1 Å². The van der Waals surface area contributed by atoms with Gasteiger partial charge in [-0.15, -0.1) is 24.2 Å². The van der Waals surface area contributed by atoms with E-state index in [1.165, 1.54) is 6.42 Å². The molecule has 1 unspecified atom stereocenters. The molecule has 1 atom stereocenters. The molecule has 0 bridgehead atoms. The number of thioether (sulfide) groups is 1. The molecule has 1 aromatic carbocycles. The summed E-state index contributed by atoms with van der Waals surface area (Å²) < 4.78 is 6.56. The van der Waals surface area contributed by atoms with Crippen LogP contribution in [0.15, 0.2) is 16.6 Å². The minimum absolute atomic E-state index is 0. The summed E-state index contributed by atoms with van der Waals surface area (Å²) in [6.45, 7) is 2.77. The van der Waals surface area contributed by atoms with E-state index in [0.29, 0.717) is 23.2 Å². The Hall–Kier alpha value is -0.430. The zero-order chi connectivity index (χ0) is 15.2. The van der Waals surface area contributed by atoms with E-state index in [1.54, 1.807) is 11.8 Å². The minimum Gasteiger partial charge on any atom is -0.397 e. The van der Waals surface area contributed by atoms with Gasteiger partial charge in [0, 0.05) is 16.8 Å². The summed E-state index contributed by atoms with van der Waals surface area (Å²) in [4.78, 5) is 12.0. The van der Waals surface area contributed by atoms with Crippen molar-refractivity contribution in [1.29, 1.82) is 0 Å². The van der Waals surface area contributed by atoms with Crippen molar-refractivity contribution in [2.24, 2.45) is 0 Å². The number of carbonyl (C=O) groups excluding carboxylic acids is 1. The molecule has 22 heavy (non-hydrogen) atoms. The lowest BCUT2D eigenvalue weighted by atomic mass is 10.1. The van der Waals surface area contributed by atoms with E-state index < -0.39 is 0 Å². The number of nitrogens with two attached hydrogens (primary N) is 1. The highest BCUT2D eigenvalue weighted by Crippen LogP contribution is 2.27. The minimum atomic E-state index is -0.0278. The largest absolute Gasteiger partial charge is 0.397 e. The number of ether oxygens (including phenoxy) is 1. The van der Waals surface area contributed by atoms with Gasteiger partial charge in [0.05, 0.1) is 23.2 Å². The summed E-state index contributed by atoms with van der Waals surface area (Å²) in [5.41, 5.74) is 8.22. The van der Waals surface area contributed by atoms with Gasteiger partial charge in [-0.1, -0.05) is 15.9 Å². The van der Waals surface area contributed by atoms with Gasteiger partial charge < -0.3 is 15.8 Å². The SMILES string of the molecule is Cc1cc(Br)cc(NC(=O)CSCC2CCCCO2)c1N.Cl. The number of amides is 1. The number of carbonyl (C=O) groups is 1. The fourth-order valence-corrected chi connectivity index (χ4v) is 3.74. The van der Waals surface area contributed by atoms with Gasteiger partial charge in [-0.05, 0) is 43.9 Å². The van der Waals surface area contributed by atoms with Crippen molar-refractivity contribution >= 4 is 57.4 Å². The van der Waals surface area contributed by atoms with Gasteiger partial charge in [0.2, 0.25) is 5.91 Å². The van der Waals surface area contributed by atoms with Crippen LogP contribution in [-0.2, 0) is 9.53 Å². The third-order valence-electron chi connectivity index (χ3n) is 3.44. The van der Waals surface area contributed by atoms with Crippen LogP contribution in [0, 0.1) is 6.92 Å². The van der Waals surface area contributed by atoms with Crippen LogP contribution >= 0.6 is 40.1 Å². The smallest absolute Gasteiger partial charge is 0.234 e. The maximum absolute atomic E-state index is 12.0. The zero-order valence-corrected chi connectivity index (χ0v) is 15.8. The summed E-state index contributed by atoms with van der Waals surface area (Å²) in [5, 5.41) is 2.87. The highest BCUT2D eigenvalue weighted by atomic mass is 79.9. The number of halogens is 2. The average molecular weight is 410 g/mol. The van der Waals surface area contributed by atoms with Gasteiger partial charge in [-0.2, -0.15) is 0 Å². The zero-order valence-electron chi connectivity index (χ0n) is 12.6. The molecular formula is C15H22BrClN2O2S. The Morgan fingerprint density at radius 3 is 2.95 bits per heavy atom. The number of hydrogen-bond donors (Lipinski definition) is 2. The Morgan fingerprint density at radius 1 is 1.50 bits per heavy atom.